The summed E-state index contributed by atoms with van der Waals surface area (Å²) in [6, 6.07) is 94.3. The van der Waals surface area contributed by atoms with E-state index in [1.807, 2.05) is 0 Å². The molecule has 0 saturated carbocycles. The maximum atomic E-state index is 2.41. The summed E-state index contributed by atoms with van der Waals surface area (Å²) in [4.78, 5) is 12.9. The molecule has 0 aliphatic carbocycles. The molecule has 300 valence electrons. The number of anilines is 3. The molecule has 0 spiro atoms. The summed E-state index contributed by atoms with van der Waals surface area (Å²) in [6.45, 7) is 6.83. The van der Waals surface area contributed by atoms with Crippen LogP contribution in [0.1, 0.15) is 26.3 Å². The highest BCUT2D eigenvalue weighted by Crippen LogP contribution is 2.74. The van der Waals surface area contributed by atoms with Crippen LogP contribution in [0.15, 0.2) is 294 Å². The van der Waals surface area contributed by atoms with E-state index in [-0.39, 0.29) is 5.41 Å². The van der Waals surface area contributed by atoms with Crippen LogP contribution < -0.4 is 4.90 Å². The van der Waals surface area contributed by atoms with Gasteiger partial charge in [0.25, 0.3) is 0 Å². The molecule has 1 nitrogen and oxygen atoms in total. The highest BCUT2D eigenvalue weighted by molar-refractivity contribution is 8.34. The van der Waals surface area contributed by atoms with Gasteiger partial charge in [0.2, 0.25) is 0 Å². The van der Waals surface area contributed by atoms with Crippen LogP contribution in [0.2, 0.25) is 0 Å². The van der Waals surface area contributed by atoms with Gasteiger partial charge in [-0.05, 0) is 144 Å². The van der Waals surface area contributed by atoms with Crippen molar-refractivity contribution in [1.29, 1.82) is 0 Å². The maximum Gasteiger partial charge on any atom is 0.0462 e. The van der Waals surface area contributed by atoms with E-state index in [9.17, 15) is 0 Å². The molecule has 0 saturated heterocycles. The first-order valence-electron chi connectivity index (χ1n) is 21.0. The van der Waals surface area contributed by atoms with E-state index in [4.69, 9.17) is 0 Å². The first kappa shape index (κ1) is 39.9. The average Bonchev–Trinajstić information content (AvgIpc) is 3.33. The van der Waals surface area contributed by atoms with E-state index in [0.29, 0.717) is 0 Å². The zero-order chi connectivity index (χ0) is 41.7. The molecule has 0 heterocycles. The minimum atomic E-state index is -1.82. The van der Waals surface area contributed by atoms with Gasteiger partial charge in [0, 0.05) is 56.2 Å². The van der Waals surface area contributed by atoms with E-state index < -0.39 is 20.1 Å². The molecule has 0 aromatic heterocycles. The lowest BCUT2D eigenvalue weighted by Crippen LogP contribution is -2.13. The number of nitrogens with zero attached hydrogens (tertiary/aromatic N) is 1. The van der Waals surface area contributed by atoms with Crippen molar-refractivity contribution in [3.8, 4) is 0 Å². The highest BCUT2D eigenvalue weighted by Gasteiger charge is 2.35. The first-order chi connectivity index (χ1) is 29.9. The van der Waals surface area contributed by atoms with Gasteiger partial charge in [0.05, 0.1) is 0 Å². The predicted octanol–water partition coefficient (Wildman–Crippen LogP) is 17.1. The summed E-state index contributed by atoms with van der Waals surface area (Å²) in [6.07, 6.45) is 0. The van der Waals surface area contributed by atoms with E-state index >= 15 is 0 Å². The van der Waals surface area contributed by atoms with E-state index in [2.05, 4.69) is 280 Å². The molecule has 0 N–H and O–H groups in total. The van der Waals surface area contributed by atoms with Gasteiger partial charge in [0.15, 0.2) is 0 Å². The number of benzene rings is 9. The Morgan fingerprint density at radius 3 is 0.656 bits per heavy atom. The summed E-state index contributed by atoms with van der Waals surface area (Å²) >= 11 is 0. The fourth-order valence-corrected chi connectivity index (χ4v) is 16.3. The molecule has 0 atom stereocenters. The van der Waals surface area contributed by atoms with Crippen LogP contribution in [0, 0.1) is 0 Å². The normalized spacial score (nSPS) is 12.4. The van der Waals surface area contributed by atoms with Crippen molar-refractivity contribution in [3.63, 3.8) is 0 Å². The molecule has 61 heavy (non-hydrogen) atoms. The molecule has 0 bridgehead atoms. The van der Waals surface area contributed by atoms with Gasteiger partial charge >= 0.3 is 0 Å². The Morgan fingerprint density at radius 2 is 0.443 bits per heavy atom. The fraction of sp³-hybridized carbons (Fsp3) is 0.0690. The molecule has 9 aromatic carbocycles. The van der Waals surface area contributed by atoms with E-state index in [1.165, 1.54) is 44.7 Å². The summed E-state index contributed by atoms with van der Waals surface area (Å²) in [7, 11) is -3.64. The third-order valence-corrected chi connectivity index (χ3v) is 19.3. The van der Waals surface area contributed by atoms with Crippen LogP contribution in [0.5, 0.6) is 0 Å². The van der Waals surface area contributed by atoms with Crippen LogP contribution in [-0.2, 0) is 5.41 Å². The van der Waals surface area contributed by atoms with E-state index in [0.717, 1.165) is 17.1 Å². The molecule has 0 aliphatic rings. The van der Waals surface area contributed by atoms with Crippen LogP contribution in [0.4, 0.5) is 17.1 Å². The third-order valence-electron chi connectivity index (χ3n) is 11.5. The Morgan fingerprint density at radius 1 is 0.246 bits per heavy atom. The molecule has 0 aliphatic heterocycles. The fourth-order valence-electron chi connectivity index (χ4n) is 8.54. The Labute approximate surface area is 365 Å². The highest BCUT2D eigenvalue weighted by atomic mass is 32.3. The maximum absolute atomic E-state index is 2.41. The van der Waals surface area contributed by atoms with Crippen molar-refractivity contribution in [1.82, 2.24) is 0 Å². The van der Waals surface area contributed by atoms with Crippen molar-refractivity contribution >= 4 is 37.1 Å². The Balaban J connectivity index is 1.22. The van der Waals surface area contributed by atoms with Crippen molar-refractivity contribution in [2.75, 3.05) is 4.90 Å². The lowest BCUT2D eigenvalue weighted by Gasteiger charge is -2.42. The van der Waals surface area contributed by atoms with E-state index in [1.54, 1.807) is 0 Å². The average molecular weight is 826 g/mol. The van der Waals surface area contributed by atoms with Gasteiger partial charge < -0.3 is 4.90 Å². The molecule has 0 amide bonds. The Kier molecular flexibility index (Phi) is 11.3. The van der Waals surface area contributed by atoms with Gasteiger partial charge in [-0.25, -0.2) is 0 Å². The molecule has 9 aromatic rings. The standard InChI is InChI=1S/C58H51NS2/c1-58(2,3)46-34-36-47(37-35-46)59(48-38-42-56(43-39-48)60(50-22-10-4-11-23-50,51-24-12-5-13-25-51)52-26-14-6-15-27-52)49-40-44-57(45-41-49)61(53-28-16-7-17-29-53,54-30-18-8-19-31-54)55-32-20-9-21-33-55/h4-45H,1-3H3. The zero-order valence-electron chi connectivity index (χ0n) is 35.0. The van der Waals surface area contributed by atoms with Gasteiger partial charge in [-0.3, -0.25) is 0 Å². The summed E-state index contributed by atoms with van der Waals surface area (Å²) in [5.74, 6) is 0. The molecular formula is C58H51NS2. The van der Waals surface area contributed by atoms with Gasteiger partial charge in [-0.15, -0.1) is 20.1 Å². The summed E-state index contributed by atoms with van der Waals surface area (Å²) < 4.78 is 0. The number of hydrogen-bond donors (Lipinski definition) is 0. The zero-order valence-corrected chi connectivity index (χ0v) is 36.6. The molecule has 0 fully saturated rings. The van der Waals surface area contributed by atoms with Crippen molar-refractivity contribution in [2.24, 2.45) is 0 Å². The van der Waals surface area contributed by atoms with Crippen molar-refractivity contribution < 1.29 is 0 Å². The first-order valence-corrected chi connectivity index (χ1v) is 24.2. The third kappa shape index (κ3) is 7.50. The second-order valence-electron chi connectivity index (χ2n) is 16.2. The van der Waals surface area contributed by atoms with Gasteiger partial charge in [0.1, 0.15) is 0 Å². The quantitative estimate of drug-likeness (QED) is 0.126. The molecular weight excluding hydrogens is 775 g/mol. The summed E-state index contributed by atoms with van der Waals surface area (Å²) in [5, 5.41) is 0. The Bertz CT molecular complexity index is 2410. The Hall–Kier alpha value is -6.52. The summed E-state index contributed by atoms with van der Waals surface area (Å²) in [5.41, 5.74) is 4.69. The van der Waals surface area contributed by atoms with Crippen molar-refractivity contribution in [2.45, 2.75) is 65.4 Å². The number of hydrogen-bond acceptors (Lipinski definition) is 1. The molecule has 3 heteroatoms. The number of rotatable bonds is 11. The lowest BCUT2D eigenvalue weighted by molar-refractivity contribution is 0.590. The van der Waals surface area contributed by atoms with Crippen molar-refractivity contribution in [3.05, 3.63) is 260 Å². The SMILES string of the molecule is CC(C)(C)c1ccc(N(c2ccc(S(c3ccccc3)(c3ccccc3)c3ccccc3)cc2)c2ccc(S(c3ccccc3)(c3ccccc3)c3ccccc3)cc2)cc1. The van der Waals surface area contributed by atoms with Crippen LogP contribution in [-0.4, -0.2) is 0 Å². The van der Waals surface area contributed by atoms with Crippen LogP contribution in [0.3, 0.4) is 0 Å². The second-order valence-corrected chi connectivity index (χ2v) is 22.4. The lowest BCUT2D eigenvalue weighted by atomic mass is 9.87. The molecule has 9 rings (SSSR count). The molecule has 0 radical (unpaired) electrons. The minimum absolute atomic E-state index is 0.0451. The topological polar surface area (TPSA) is 3.24 Å². The smallest absolute Gasteiger partial charge is 0.0462 e. The second kappa shape index (κ2) is 17.2. The largest absolute Gasteiger partial charge is 0.311 e. The predicted molar refractivity (Wildman–Crippen MR) is 260 cm³/mol. The minimum Gasteiger partial charge on any atom is -0.311 e. The van der Waals surface area contributed by atoms with Gasteiger partial charge in [-0.2, -0.15) is 0 Å². The monoisotopic (exact) mass is 825 g/mol. The van der Waals surface area contributed by atoms with Crippen LogP contribution >= 0.6 is 20.1 Å². The van der Waals surface area contributed by atoms with Crippen LogP contribution in [0.25, 0.3) is 0 Å². The molecule has 0 unspecified atom stereocenters. The van der Waals surface area contributed by atoms with Gasteiger partial charge in [-0.1, -0.05) is 142 Å².